The molecule has 8 nitrogen and oxygen atoms in total. The lowest BCUT2D eigenvalue weighted by atomic mass is 9.90. The van der Waals surface area contributed by atoms with Crippen molar-refractivity contribution in [3.8, 4) is 11.1 Å². The molecule has 0 spiro atoms. The van der Waals surface area contributed by atoms with Crippen LogP contribution in [0, 0.1) is 0 Å². The number of carbonyl (C=O) groups is 3. The number of amides is 2. The Morgan fingerprint density at radius 2 is 1.68 bits per heavy atom. The molecule has 1 atom stereocenters. The number of nitrogens with one attached hydrogen (secondary N) is 3. The van der Waals surface area contributed by atoms with Crippen LogP contribution in [0.3, 0.4) is 0 Å². The van der Waals surface area contributed by atoms with Gasteiger partial charge in [-0.15, -0.1) is 0 Å². The molecule has 4 rings (SSSR count). The van der Waals surface area contributed by atoms with Crippen LogP contribution in [0.2, 0.25) is 0 Å². The summed E-state index contributed by atoms with van der Waals surface area (Å²) in [5.74, 6) is -0.518. The molecule has 1 aliphatic heterocycles. The van der Waals surface area contributed by atoms with Gasteiger partial charge in [0, 0.05) is 25.1 Å². The summed E-state index contributed by atoms with van der Waals surface area (Å²) in [6.45, 7) is 3.56. The molecule has 38 heavy (non-hydrogen) atoms. The van der Waals surface area contributed by atoms with Gasteiger partial charge < -0.3 is 26.4 Å². The van der Waals surface area contributed by atoms with E-state index in [2.05, 4.69) is 20.7 Å². The van der Waals surface area contributed by atoms with Crippen LogP contribution in [0.1, 0.15) is 37.0 Å². The molecule has 0 aromatic heterocycles. The van der Waals surface area contributed by atoms with Gasteiger partial charge >= 0.3 is 6.09 Å². The molecule has 0 fully saturated rings. The Labute approximate surface area is 223 Å². The van der Waals surface area contributed by atoms with Crippen molar-refractivity contribution in [3.63, 3.8) is 0 Å². The average Bonchev–Trinajstić information content (AvgIpc) is 3.03. The largest absolute Gasteiger partial charge is 0.453 e. The van der Waals surface area contributed by atoms with Gasteiger partial charge in [-0.2, -0.15) is 0 Å². The van der Waals surface area contributed by atoms with Gasteiger partial charge in [0.25, 0.3) is 0 Å². The average molecular weight is 515 g/mol. The number of benzene rings is 3. The van der Waals surface area contributed by atoms with Gasteiger partial charge in [0.2, 0.25) is 5.91 Å². The Bertz CT molecular complexity index is 1330. The molecule has 2 amide bonds. The van der Waals surface area contributed by atoms with Crippen molar-refractivity contribution < 1.29 is 19.1 Å². The zero-order valence-corrected chi connectivity index (χ0v) is 22.0. The van der Waals surface area contributed by atoms with Crippen LogP contribution in [0.5, 0.6) is 0 Å². The number of alkyl carbamates (subject to hydrolysis) is 1. The van der Waals surface area contributed by atoms with Gasteiger partial charge in [-0.05, 0) is 54.2 Å². The van der Waals surface area contributed by atoms with Crippen molar-refractivity contribution >= 4 is 23.5 Å². The lowest BCUT2D eigenvalue weighted by molar-refractivity contribution is -0.133. The molecule has 3 aromatic rings. The van der Waals surface area contributed by atoms with Gasteiger partial charge in [-0.25, -0.2) is 4.79 Å². The second kappa shape index (κ2) is 11.1. The summed E-state index contributed by atoms with van der Waals surface area (Å²) in [6, 6.07) is 23.4. The van der Waals surface area contributed by atoms with Gasteiger partial charge in [0.1, 0.15) is 0 Å². The van der Waals surface area contributed by atoms with E-state index in [0.717, 1.165) is 33.5 Å². The van der Waals surface area contributed by atoms with Crippen LogP contribution >= 0.6 is 0 Å². The minimum atomic E-state index is -1.34. The SMILES string of the molecule is COC(=O)NCc1ccccc1-c1ccc(C[C@]2(NC(=O)C(C)(C)N)Nc3ccccc3CCC2=O)cc1. The molecule has 1 aliphatic rings. The van der Waals surface area contributed by atoms with E-state index in [1.54, 1.807) is 13.8 Å². The van der Waals surface area contributed by atoms with Crippen molar-refractivity contribution in [3.05, 3.63) is 89.5 Å². The van der Waals surface area contributed by atoms with Crippen LogP contribution in [0.4, 0.5) is 10.5 Å². The number of hydrogen-bond donors (Lipinski definition) is 4. The van der Waals surface area contributed by atoms with Crippen LogP contribution < -0.4 is 21.7 Å². The lowest BCUT2D eigenvalue weighted by Gasteiger charge is -2.36. The van der Waals surface area contributed by atoms with Gasteiger partial charge in [0.05, 0.1) is 12.6 Å². The molecule has 198 valence electrons. The Kier molecular flexibility index (Phi) is 7.83. The molecular formula is C30H34N4O4. The number of rotatable bonds is 7. The van der Waals surface area contributed by atoms with E-state index < -0.39 is 23.2 Å². The van der Waals surface area contributed by atoms with Crippen molar-refractivity contribution in [2.24, 2.45) is 5.73 Å². The predicted molar refractivity (Wildman–Crippen MR) is 147 cm³/mol. The fourth-order valence-corrected chi connectivity index (χ4v) is 4.57. The number of para-hydroxylation sites is 1. The van der Waals surface area contributed by atoms with Crippen LogP contribution in [0.15, 0.2) is 72.8 Å². The maximum absolute atomic E-state index is 13.6. The third-order valence-corrected chi connectivity index (χ3v) is 6.74. The first-order valence-electron chi connectivity index (χ1n) is 12.6. The Morgan fingerprint density at radius 3 is 2.39 bits per heavy atom. The number of aryl methyl sites for hydroxylation is 1. The highest BCUT2D eigenvalue weighted by atomic mass is 16.5. The summed E-state index contributed by atoms with van der Waals surface area (Å²) >= 11 is 0. The van der Waals surface area contributed by atoms with Crippen molar-refractivity contribution in [2.75, 3.05) is 12.4 Å². The zero-order chi connectivity index (χ0) is 27.3. The van der Waals surface area contributed by atoms with Crippen molar-refractivity contribution in [1.29, 1.82) is 0 Å². The van der Waals surface area contributed by atoms with E-state index in [-0.39, 0.29) is 18.6 Å². The molecule has 0 bridgehead atoms. The van der Waals surface area contributed by atoms with Crippen molar-refractivity contribution in [1.82, 2.24) is 10.6 Å². The number of methoxy groups -OCH3 is 1. The minimum Gasteiger partial charge on any atom is -0.453 e. The van der Waals surface area contributed by atoms with Crippen molar-refractivity contribution in [2.45, 2.75) is 50.9 Å². The first-order valence-corrected chi connectivity index (χ1v) is 12.6. The molecule has 0 saturated carbocycles. The monoisotopic (exact) mass is 514 g/mol. The smallest absolute Gasteiger partial charge is 0.407 e. The lowest BCUT2D eigenvalue weighted by Crippen LogP contribution is -2.65. The number of Topliss-reactive ketones (excluding diaryl/α,β-unsaturated/α-hetero) is 1. The third kappa shape index (κ3) is 6.03. The number of ether oxygens (including phenoxy) is 1. The Morgan fingerprint density at radius 1 is 1.00 bits per heavy atom. The van der Waals surface area contributed by atoms with Crippen LogP contribution in [0.25, 0.3) is 11.1 Å². The highest BCUT2D eigenvalue weighted by molar-refractivity contribution is 5.98. The minimum absolute atomic E-state index is 0.102. The summed E-state index contributed by atoms with van der Waals surface area (Å²) < 4.78 is 4.68. The van der Waals surface area contributed by atoms with Crippen LogP contribution in [-0.4, -0.2) is 36.1 Å². The van der Waals surface area contributed by atoms with Crippen LogP contribution in [-0.2, 0) is 33.7 Å². The summed E-state index contributed by atoms with van der Waals surface area (Å²) in [7, 11) is 1.33. The highest BCUT2D eigenvalue weighted by Crippen LogP contribution is 2.30. The van der Waals surface area contributed by atoms with Gasteiger partial charge in [-0.1, -0.05) is 66.7 Å². The summed E-state index contributed by atoms with van der Waals surface area (Å²) in [5, 5.41) is 9.06. The second-order valence-corrected chi connectivity index (χ2v) is 10.2. The maximum atomic E-state index is 13.6. The number of anilines is 1. The van der Waals surface area contributed by atoms with Gasteiger partial charge in [0.15, 0.2) is 11.4 Å². The van der Waals surface area contributed by atoms with E-state index in [1.807, 2.05) is 72.8 Å². The third-order valence-electron chi connectivity index (χ3n) is 6.74. The second-order valence-electron chi connectivity index (χ2n) is 10.2. The Hall–Kier alpha value is -4.17. The zero-order valence-electron chi connectivity index (χ0n) is 22.0. The molecule has 5 N–H and O–H groups in total. The predicted octanol–water partition coefficient (Wildman–Crippen LogP) is 3.93. The molecule has 3 aromatic carbocycles. The summed E-state index contributed by atoms with van der Waals surface area (Å²) in [6.07, 6.45) is 0.619. The molecular weight excluding hydrogens is 480 g/mol. The fraction of sp³-hybridized carbons (Fsp3) is 0.300. The highest BCUT2D eigenvalue weighted by Gasteiger charge is 2.43. The molecule has 0 aliphatic carbocycles. The number of carbonyl (C=O) groups excluding carboxylic acids is 3. The number of nitrogens with two attached hydrogens (primary N) is 1. The van der Waals surface area contributed by atoms with Gasteiger partial charge in [-0.3, -0.25) is 9.59 Å². The number of fused-ring (bicyclic) bond motifs is 1. The molecule has 0 saturated heterocycles. The quantitative estimate of drug-likeness (QED) is 0.379. The topological polar surface area (TPSA) is 123 Å². The van der Waals surface area contributed by atoms with E-state index >= 15 is 0 Å². The molecule has 1 heterocycles. The number of hydrogen-bond acceptors (Lipinski definition) is 6. The first kappa shape index (κ1) is 26.9. The van der Waals surface area contributed by atoms with E-state index in [0.29, 0.717) is 13.0 Å². The first-order chi connectivity index (χ1) is 18.1. The summed E-state index contributed by atoms with van der Waals surface area (Å²) in [5.41, 5.74) is 9.18. The summed E-state index contributed by atoms with van der Waals surface area (Å²) in [4.78, 5) is 38.2. The number of ketones is 1. The normalized spacial score (nSPS) is 17.0. The Balaban J connectivity index is 1.65. The molecule has 0 radical (unpaired) electrons. The fourth-order valence-electron chi connectivity index (χ4n) is 4.57. The van der Waals surface area contributed by atoms with E-state index in [4.69, 9.17) is 5.73 Å². The molecule has 0 unspecified atom stereocenters. The van der Waals surface area contributed by atoms with E-state index in [9.17, 15) is 14.4 Å². The maximum Gasteiger partial charge on any atom is 0.407 e. The van der Waals surface area contributed by atoms with E-state index in [1.165, 1.54) is 7.11 Å². The molecule has 8 heteroatoms. The standard InChI is InChI=1S/C30H34N4O4/c1-29(2,31)27(36)34-30(26(35)17-16-22-8-5-7-11-25(22)33-30)18-20-12-14-21(15-13-20)24-10-6-4-9-23(24)19-32-28(37)38-3/h4-15,33H,16-19,31H2,1-3H3,(H,32,37)(H,34,36)/t30-/m1/s1.